The first-order chi connectivity index (χ1) is 13.2. The molecule has 0 bridgehead atoms. The molecule has 0 spiro atoms. The highest BCUT2D eigenvalue weighted by Gasteiger charge is 2.18. The van der Waals surface area contributed by atoms with Gasteiger partial charge in [-0.05, 0) is 36.4 Å². The van der Waals surface area contributed by atoms with Gasteiger partial charge in [-0.15, -0.1) is 0 Å². The molecule has 1 heterocycles. The van der Waals surface area contributed by atoms with Gasteiger partial charge in [0.15, 0.2) is 11.5 Å². The van der Waals surface area contributed by atoms with Crippen LogP contribution < -0.4 is 9.47 Å². The Hall–Kier alpha value is -3.60. The molecule has 134 valence electrons. The quantitative estimate of drug-likeness (QED) is 0.542. The molecule has 5 nitrogen and oxygen atoms in total. The summed E-state index contributed by atoms with van der Waals surface area (Å²) in [5.74, 6) is 1.09. The van der Waals surface area contributed by atoms with Gasteiger partial charge >= 0.3 is 0 Å². The Labute approximate surface area is 156 Å². The molecule has 4 aromatic rings. The molecule has 0 aliphatic carbocycles. The van der Waals surface area contributed by atoms with E-state index in [1.807, 2.05) is 60.7 Å². The van der Waals surface area contributed by atoms with Crippen LogP contribution in [0.5, 0.6) is 11.5 Å². The zero-order chi connectivity index (χ0) is 18.8. The molecule has 0 N–H and O–H groups in total. The third-order valence-electron chi connectivity index (χ3n) is 4.46. The molecule has 3 aromatic carbocycles. The highest BCUT2D eigenvalue weighted by molar-refractivity contribution is 6.04. The van der Waals surface area contributed by atoms with E-state index in [9.17, 15) is 4.79 Å². The maximum atomic E-state index is 13.0. The molecule has 0 atom stereocenters. The number of nitrogens with zero attached hydrogens (tertiary/aromatic N) is 2. The van der Waals surface area contributed by atoms with Crippen molar-refractivity contribution in [2.45, 2.75) is 0 Å². The van der Waals surface area contributed by atoms with Crippen molar-refractivity contribution in [3.8, 4) is 22.8 Å². The second-order valence-electron chi connectivity index (χ2n) is 6.02. The van der Waals surface area contributed by atoms with Crippen LogP contribution in [0, 0.1) is 0 Å². The Bertz CT molecular complexity index is 1120. The molecule has 0 fully saturated rings. The second-order valence-corrected chi connectivity index (χ2v) is 6.02. The van der Waals surface area contributed by atoms with Crippen molar-refractivity contribution < 1.29 is 14.3 Å². The van der Waals surface area contributed by atoms with E-state index < -0.39 is 0 Å². The summed E-state index contributed by atoms with van der Waals surface area (Å²) in [6, 6.07) is 22.4. The lowest BCUT2D eigenvalue weighted by atomic mass is 10.1. The van der Waals surface area contributed by atoms with E-state index in [1.165, 1.54) is 4.68 Å². The van der Waals surface area contributed by atoms with E-state index in [-0.39, 0.29) is 5.91 Å². The second kappa shape index (κ2) is 6.96. The monoisotopic (exact) mass is 358 g/mol. The smallest absolute Gasteiger partial charge is 0.278 e. The highest BCUT2D eigenvalue weighted by atomic mass is 16.5. The lowest BCUT2D eigenvalue weighted by Crippen LogP contribution is -2.13. The maximum absolute atomic E-state index is 13.0. The number of benzene rings is 3. The molecule has 0 aliphatic rings. The number of para-hydroxylation sites is 1. The Morgan fingerprint density at radius 3 is 2.30 bits per heavy atom. The predicted molar refractivity (Wildman–Crippen MR) is 104 cm³/mol. The standard InChI is InChI=1S/C22H18N2O3/c1-26-19-13-12-16(14-20(19)27-2)21-17-10-6-7-11-18(17)24(23-21)22(25)15-8-4-3-5-9-15/h3-14H,1-2H3. The van der Waals surface area contributed by atoms with E-state index in [1.54, 1.807) is 26.4 Å². The first kappa shape index (κ1) is 16.8. The number of fused-ring (bicyclic) bond motifs is 1. The summed E-state index contributed by atoms with van der Waals surface area (Å²) in [6.45, 7) is 0. The number of hydrogen-bond donors (Lipinski definition) is 0. The van der Waals surface area contributed by atoms with Crippen LogP contribution in [-0.2, 0) is 0 Å². The number of aromatic nitrogens is 2. The summed E-state index contributed by atoms with van der Waals surface area (Å²) < 4.78 is 12.2. The highest BCUT2D eigenvalue weighted by Crippen LogP contribution is 2.35. The molecule has 0 radical (unpaired) electrons. The van der Waals surface area contributed by atoms with E-state index in [2.05, 4.69) is 5.10 Å². The van der Waals surface area contributed by atoms with Crippen molar-refractivity contribution in [3.05, 3.63) is 78.4 Å². The summed E-state index contributed by atoms with van der Waals surface area (Å²) in [6.07, 6.45) is 0. The fraction of sp³-hybridized carbons (Fsp3) is 0.0909. The molecular formula is C22H18N2O3. The topological polar surface area (TPSA) is 53.4 Å². The average molecular weight is 358 g/mol. The molecule has 4 rings (SSSR count). The van der Waals surface area contributed by atoms with Gasteiger partial charge in [-0.25, -0.2) is 0 Å². The third kappa shape index (κ3) is 2.93. The van der Waals surface area contributed by atoms with Crippen molar-refractivity contribution >= 4 is 16.8 Å². The molecule has 0 unspecified atom stereocenters. The van der Waals surface area contributed by atoms with E-state index >= 15 is 0 Å². The number of ether oxygens (including phenoxy) is 2. The third-order valence-corrected chi connectivity index (χ3v) is 4.46. The normalized spacial score (nSPS) is 10.7. The van der Waals surface area contributed by atoms with Crippen LogP contribution in [0.4, 0.5) is 0 Å². The zero-order valence-electron chi connectivity index (χ0n) is 15.0. The number of carbonyl (C=O) groups excluding carboxylic acids is 1. The molecule has 0 amide bonds. The zero-order valence-corrected chi connectivity index (χ0v) is 15.0. The Morgan fingerprint density at radius 2 is 1.56 bits per heavy atom. The minimum absolute atomic E-state index is 0.168. The van der Waals surface area contributed by atoms with Crippen molar-refractivity contribution in [1.82, 2.24) is 9.78 Å². The van der Waals surface area contributed by atoms with Gasteiger partial charge in [0.2, 0.25) is 0 Å². The van der Waals surface area contributed by atoms with Crippen LogP contribution in [0.15, 0.2) is 72.8 Å². The molecular weight excluding hydrogens is 340 g/mol. The minimum Gasteiger partial charge on any atom is -0.493 e. The lowest BCUT2D eigenvalue weighted by Gasteiger charge is -2.08. The van der Waals surface area contributed by atoms with Crippen LogP contribution in [0.3, 0.4) is 0 Å². The molecule has 0 saturated heterocycles. The molecule has 27 heavy (non-hydrogen) atoms. The minimum atomic E-state index is -0.168. The lowest BCUT2D eigenvalue weighted by molar-refractivity contribution is 0.0951. The summed E-state index contributed by atoms with van der Waals surface area (Å²) in [7, 11) is 3.19. The summed E-state index contributed by atoms with van der Waals surface area (Å²) >= 11 is 0. The Morgan fingerprint density at radius 1 is 0.852 bits per heavy atom. The van der Waals surface area contributed by atoms with Gasteiger partial charge in [-0.1, -0.05) is 36.4 Å². The largest absolute Gasteiger partial charge is 0.493 e. The fourth-order valence-electron chi connectivity index (χ4n) is 3.12. The van der Waals surface area contributed by atoms with E-state index in [0.29, 0.717) is 17.1 Å². The van der Waals surface area contributed by atoms with E-state index in [0.717, 1.165) is 22.2 Å². The first-order valence-corrected chi connectivity index (χ1v) is 8.53. The number of rotatable bonds is 4. The Balaban J connectivity index is 1.90. The molecule has 0 aliphatic heterocycles. The fourth-order valence-corrected chi connectivity index (χ4v) is 3.12. The van der Waals surface area contributed by atoms with Crippen LogP contribution in [0.1, 0.15) is 10.4 Å². The molecule has 1 aromatic heterocycles. The maximum Gasteiger partial charge on any atom is 0.278 e. The van der Waals surface area contributed by atoms with Crippen LogP contribution >= 0.6 is 0 Å². The van der Waals surface area contributed by atoms with Crippen molar-refractivity contribution in [3.63, 3.8) is 0 Å². The van der Waals surface area contributed by atoms with E-state index in [4.69, 9.17) is 9.47 Å². The summed E-state index contributed by atoms with van der Waals surface area (Å²) in [5, 5.41) is 5.53. The van der Waals surface area contributed by atoms with Crippen molar-refractivity contribution in [1.29, 1.82) is 0 Å². The number of hydrogen-bond acceptors (Lipinski definition) is 4. The first-order valence-electron chi connectivity index (χ1n) is 8.53. The van der Waals surface area contributed by atoms with Gasteiger partial charge in [-0.3, -0.25) is 4.79 Å². The van der Waals surface area contributed by atoms with Gasteiger partial charge < -0.3 is 9.47 Å². The average Bonchev–Trinajstić information content (AvgIpc) is 3.13. The van der Waals surface area contributed by atoms with Crippen molar-refractivity contribution in [2.24, 2.45) is 0 Å². The van der Waals surface area contributed by atoms with Gasteiger partial charge in [0, 0.05) is 16.5 Å². The van der Waals surface area contributed by atoms with Crippen LogP contribution in [0.2, 0.25) is 0 Å². The van der Waals surface area contributed by atoms with Gasteiger partial charge in [0.05, 0.1) is 19.7 Å². The van der Waals surface area contributed by atoms with Crippen LogP contribution in [0.25, 0.3) is 22.2 Å². The molecule has 5 heteroatoms. The van der Waals surface area contributed by atoms with Gasteiger partial charge in [-0.2, -0.15) is 9.78 Å². The number of carbonyl (C=O) groups is 1. The molecule has 0 saturated carbocycles. The van der Waals surface area contributed by atoms with Crippen molar-refractivity contribution in [2.75, 3.05) is 14.2 Å². The predicted octanol–water partition coefficient (Wildman–Crippen LogP) is 4.41. The Kier molecular flexibility index (Phi) is 4.34. The summed E-state index contributed by atoms with van der Waals surface area (Å²) in [4.78, 5) is 13.0. The van der Waals surface area contributed by atoms with Gasteiger partial charge in [0.1, 0.15) is 5.69 Å². The van der Waals surface area contributed by atoms with Crippen LogP contribution in [-0.4, -0.2) is 29.9 Å². The SMILES string of the molecule is COc1ccc(-c2nn(C(=O)c3ccccc3)c3ccccc23)cc1OC. The summed E-state index contributed by atoms with van der Waals surface area (Å²) in [5.41, 5.74) is 2.92. The number of methoxy groups -OCH3 is 2. The van der Waals surface area contributed by atoms with Gasteiger partial charge in [0.25, 0.3) is 5.91 Å².